The Hall–Kier alpha value is -1.37. The van der Waals surface area contributed by atoms with E-state index in [0.717, 1.165) is 30.8 Å². The average Bonchev–Trinajstić information content (AvgIpc) is 2.40. The van der Waals surface area contributed by atoms with Crippen LogP contribution in [0.5, 0.6) is 0 Å². The summed E-state index contributed by atoms with van der Waals surface area (Å²) in [6.07, 6.45) is 3.88. The van der Waals surface area contributed by atoms with Gasteiger partial charge in [-0.15, -0.1) is 0 Å². The van der Waals surface area contributed by atoms with Crippen LogP contribution in [0.3, 0.4) is 0 Å². The molecule has 0 saturated carbocycles. The third kappa shape index (κ3) is 3.55. The van der Waals surface area contributed by atoms with E-state index in [-0.39, 0.29) is 0 Å². The van der Waals surface area contributed by atoms with Gasteiger partial charge in [0, 0.05) is 19.1 Å². The van der Waals surface area contributed by atoms with E-state index in [4.69, 9.17) is 5.26 Å². The second kappa shape index (κ2) is 6.39. The van der Waals surface area contributed by atoms with E-state index in [9.17, 15) is 0 Å². The monoisotopic (exact) mass is 229 g/mol. The Balaban J connectivity index is 1.79. The third-order valence-corrected chi connectivity index (χ3v) is 3.26. The van der Waals surface area contributed by atoms with Crippen LogP contribution in [-0.4, -0.2) is 19.1 Å². The summed E-state index contributed by atoms with van der Waals surface area (Å²) in [5, 5.41) is 15.9. The van der Waals surface area contributed by atoms with Crippen molar-refractivity contribution in [2.45, 2.75) is 31.8 Å². The van der Waals surface area contributed by atoms with Gasteiger partial charge in [-0.3, -0.25) is 0 Å². The molecule has 1 aliphatic rings. The molecule has 1 saturated heterocycles. The van der Waals surface area contributed by atoms with Crippen LogP contribution in [0.15, 0.2) is 24.3 Å². The Bertz CT molecular complexity index is 389. The quantitative estimate of drug-likeness (QED) is 0.827. The highest BCUT2D eigenvalue weighted by Crippen LogP contribution is 2.08. The standard InChI is InChI=1S/C14H19N3/c15-9-12-5-1-2-6-13(12)10-16-11-14-7-3-4-8-17-14/h1-2,5-6,14,16-17H,3-4,7-8,10-11H2/t14-/m1/s1. The first-order valence-corrected chi connectivity index (χ1v) is 6.32. The van der Waals surface area contributed by atoms with Gasteiger partial charge in [-0.1, -0.05) is 24.6 Å². The summed E-state index contributed by atoms with van der Waals surface area (Å²) in [5.74, 6) is 0. The lowest BCUT2D eigenvalue weighted by molar-refractivity contribution is 0.383. The molecule has 2 rings (SSSR count). The normalized spacial score (nSPS) is 19.8. The van der Waals surface area contributed by atoms with Crippen molar-refractivity contribution in [3.63, 3.8) is 0 Å². The molecular weight excluding hydrogens is 210 g/mol. The number of rotatable bonds is 4. The molecule has 1 heterocycles. The second-order valence-electron chi connectivity index (χ2n) is 4.55. The van der Waals surface area contributed by atoms with E-state index in [2.05, 4.69) is 16.7 Å². The molecule has 1 fully saturated rings. The SMILES string of the molecule is N#Cc1ccccc1CNC[C@H]1CCCCN1. The number of hydrogen-bond donors (Lipinski definition) is 2. The molecule has 0 radical (unpaired) electrons. The van der Waals surface area contributed by atoms with Gasteiger partial charge >= 0.3 is 0 Å². The summed E-state index contributed by atoms with van der Waals surface area (Å²) in [5.41, 5.74) is 1.86. The van der Waals surface area contributed by atoms with Crippen molar-refractivity contribution < 1.29 is 0 Å². The predicted octanol–water partition coefficient (Wildman–Crippen LogP) is 1.79. The van der Waals surface area contributed by atoms with E-state index in [0.29, 0.717) is 6.04 Å². The first-order valence-electron chi connectivity index (χ1n) is 6.32. The van der Waals surface area contributed by atoms with Gasteiger partial charge in [-0.2, -0.15) is 5.26 Å². The van der Waals surface area contributed by atoms with Crippen molar-refractivity contribution in [3.8, 4) is 6.07 Å². The molecule has 3 heteroatoms. The number of nitrogens with zero attached hydrogens (tertiary/aromatic N) is 1. The number of benzene rings is 1. The zero-order valence-corrected chi connectivity index (χ0v) is 10.1. The molecule has 0 spiro atoms. The Kier molecular flexibility index (Phi) is 4.54. The molecule has 3 nitrogen and oxygen atoms in total. The fraction of sp³-hybridized carbons (Fsp3) is 0.500. The van der Waals surface area contributed by atoms with Crippen LogP contribution >= 0.6 is 0 Å². The summed E-state index contributed by atoms with van der Waals surface area (Å²) in [4.78, 5) is 0. The summed E-state index contributed by atoms with van der Waals surface area (Å²) >= 11 is 0. The number of nitriles is 1. The largest absolute Gasteiger partial charge is 0.313 e. The Morgan fingerprint density at radius 3 is 3.00 bits per heavy atom. The molecule has 1 aliphatic heterocycles. The lowest BCUT2D eigenvalue weighted by Gasteiger charge is -2.23. The molecule has 0 amide bonds. The van der Waals surface area contributed by atoms with Crippen molar-refractivity contribution in [2.24, 2.45) is 0 Å². The molecular formula is C14H19N3. The van der Waals surface area contributed by atoms with Crippen LogP contribution in [0, 0.1) is 11.3 Å². The van der Waals surface area contributed by atoms with Gasteiger partial charge in [0.25, 0.3) is 0 Å². The molecule has 1 aromatic carbocycles. The smallest absolute Gasteiger partial charge is 0.0995 e. The van der Waals surface area contributed by atoms with Crippen molar-refractivity contribution in [3.05, 3.63) is 35.4 Å². The van der Waals surface area contributed by atoms with E-state index >= 15 is 0 Å². The van der Waals surface area contributed by atoms with Crippen LogP contribution in [-0.2, 0) is 6.54 Å². The Morgan fingerprint density at radius 1 is 1.35 bits per heavy atom. The minimum Gasteiger partial charge on any atom is -0.313 e. The third-order valence-electron chi connectivity index (χ3n) is 3.26. The highest BCUT2D eigenvalue weighted by molar-refractivity contribution is 5.37. The van der Waals surface area contributed by atoms with Crippen LogP contribution in [0.25, 0.3) is 0 Å². The molecule has 0 aliphatic carbocycles. The van der Waals surface area contributed by atoms with Crippen LogP contribution in [0.4, 0.5) is 0 Å². The minimum absolute atomic E-state index is 0.595. The van der Waals surface area contributed by atoms with E-state index in [1.165, 1.54) is 19.3 Å². The summed E-state index contributed by atoms with van der Waals surface area (Å²) in [6.45, 7) is 2.91. The lowest BCUT2D eigenvalue weighted by atomic mass is 10.0. The fourth-order valence-electron chi connectivity index (χ4n) is 2.26. The van der Waals surface area contributed by atoms with Gasteiger partial charge in [0.1, 0.15) is 0 Å². The first-order chi connectivity index (χ1) is 8.40. The zero-order chi connectivity index (χ0) is 11.9. The molecule has 0 aromatic heterocycles. The minimum atomic E-state index is 0.595. The van der Waals surface area contributed by atoms with Crippen molar-refractivity contribution in [1.82, 2.24) is 10.6 Å². The van der Waals surface area contributed by atoms with Gasteiger partial charge < -0.3 is 10.6 Å². The van der Waals surface area contributed by atoms with Gasteiger partial charge in [-0.25, -0.2) is 0 Å². The van der Waals surface area contributed by atoms with Gasteiger partial charge in [0.05, 0.1) is 11.6 Å². The number of hydrogen-bond acceptors (Lipinski definition) is 3. The average molecular weight is 229 g/mol. The van der Waals surface area contributed by atoms with Crippen LogP contribution in [0.1, 0.15) is 30.4 Å². The van der Waals surface area contributed by atoms with E-state index in [1.807, 2.05) is 24.3 Å². The molecule has 1 aromatic rings. The van der Waals surface area contributed by atoms with E-state index < -0.39 is 0 Å². The Labute approximate surface area is 103 Å². The molecule has 0 unspecified atom stereocenters. The van der Waals surface area contributed by atoms with Crippen molar-refractivity contribution in [1.29, 1.82) is 5.26 Å². The molecule has 2 N–H and O–H groups in total. The molecule has 90 valence electrons. The van der Waals surface area contributed by atoms with Crippen molar-refractivity contribution >= 4 is 0 Å². The lowest BCUT2D eigenvalue weighted by Crippen LogP contribution is -2.41. The summed E-state index contributed by atoms with van der Waals surface area (Å²) in [6, 6.07) is 10.6. The topological polar surface area (TPSA) is 47.9 Å². The number of nitrogens with one attached hydrogen (secondary N) is 2. The maximum Gasteiger partial charge on any atom is 0.0995 e. The van der Waals surface area contributed by atoms with Crippen molar-refractivity contribution in [2.75, 3.05) is 13.1 Å². The molecule has 17 heavy (non-hydrogen) atoms. The summed E-state index contributed by atoms with van der Waals surface area (Å²) < 4.78 is 0. The fourth-order valence-corrected chi connectivity index (χ4v) is 2.26. The molecule has 0 bridgehead atoms. The van der Waals surface area contributed by atoms with E-state index in [1.54, 1.807) is 0 Å². The number of piperidine rings is 1. The zero-order valence-electron chi connectivity index (χ0n) is 10.1. The summed E-state index contributed by atoms with van der Waals surface area (Å²) in [7, 11) is 0. The maximum absolute atomic E-state index is 8.98. The highest BCUT2D eigenvalue weighted by Gasteiger charge is 2.11. The highest BCUT2D eigenvalue weighted by atomic mass is 15.0. The van der Waals surface area contributed by atoms with Gasteiger partial charge in [-0.05, 0) is 31.0 Å². The molecule has 1 atom stereocenters. The maximum atomic E-state index is 8.98. The predicted molar refractivity (Wildman–Crippen MR) is 68.5 cm³/mol. The Morgan fingerprint density at radius 2 is 2.24 bits per heavy atom. The van der Waals surface area contributed by atoms with Gasteiger partial charge in [0.15, 0.2) is 0 Å². The van der Waals surface area contributed by atoms with Crippen LogP contribution in [0.2, 0.25) is 0 Å². The second-order valence-corrected chi connectivity index (χ2v) is 4.55. The first kappa shape index (κ1) is 12.1. The van der Waals surface area contributed by atoms with Gasteiger partial charge in [0.2, 0.25) is 0 Å². The van der Waals surface area contributed by atoms with Crippen LogP contribution < -0.4 is 10.6 Å².